The van der Waals surface area contributed by atoms with Crippen molar-refractivity contribution in [1.82, 2.24) is 10.2 Å². The highest BCUT2D eigenvalue weighted by Crippen LogP contribution is 2.27. The maximum absolute atomic E-state index is 11.6. The Morgan fingerprint density at radius 2 is 2.07 bits per heavy atom. The van der Waals surface area contributed by atoms with Gasteiger partial charge in [0.15, 0.2) is 0 Å². The number of morpholine rings is 1. The van der Waals surface area contributed by atoms with Crippen LogP contribution in [0.15, 0.2) is 0 Å². The fraction of sp³-hybridized carbons (Fsp3) is 0.900. The largest absolute Gasteiger partial charge is 0.378 e. The molecule has 0 aromatic rings. The van der Waals surface area contributed by atoms with Crippen molar-refractivity contribution >= 4 is 5.91 Å². The molecular formula is C10H18N2O2. The minimum Gasteiger partial charge on any atom is -0.378 e. The Morgan fingerprint density at radius 1 is 1.36 bits per heavy atom. The Balaban J connectivity index is 1.60. The summed E-state index contributed by atoms with van der Waals surface area (Å²) < 4.78 is 5.19. The third-order valence-electron chi connectivity index (χ3n) is 2.77. The molecule has 1 saturated heterocycles. The Morgan fingerprint density at radius 3 is 2.71 bits per heavy atom. The number of nitrogens with zero attached hydrogens (tertiary/aromatic N) is 1. The zero-order valence-electron chi connectivity index (χ0n) is 8.50. The highest BCUT2D eigenvalue weighted by atomic mass is 16.5. The first-order valence-electron chi connectivity index (χ1n) is 5.42. The van der Waals surface area contributed by atoms with Crippen molar-refractivity contribution < 1.29 is 9.53 Å². The van der Waals surface area contributed by atoms with Gasteiger partial charge in [-0.05, 0) is 25.3 Å². The van der Waals surface area contributed by atoms with Gasteiger partial charge in [-0.3, -0.25) is 4.79 Å². The molecule has 2 aliphatic rings. The van der Waals surface area contributed by atoms with Crippen LogP contribution in [0.2, 0.25) is 0 Å². The molecule has 1 N–H and O–H groups in total. The lowest BCUT2D eigenvalue weighted by Crippen LogP contribution is -2.44. The zero-order chi connectivity index (χ0) is 9.80. The lowest BCUT2D eigenvalue weighted by Gasteiger charge is -2.26. The molecule has 2 rings (SSSR count). The molecule has 0 unspecified atom stereocenters. The molecule has 2 fully saturated rings. The van der Waals surface area contributed by atoms with E-state index in [0.717, 1.165) is 25.6 Å². The standard InChI is InChI=1S/C10H18N2O2/c13-10(8-11-7-9-1-2-9)12-3-5-14-6-4-12/h9,11H,1-8H2. The predicted octanol–water partition coefficient (Wildman–Crippen LogP) is -0.155. The highest BCUT2D eigenvalue weighted by molar-refractivity contribution is 5.78. The SMILES string of the molecule is O=C(CNCC1CC1)N1CCOCC1. The Hall–Kier alpha value is -0.610. The van der Waals surface area contributed by atoms with Crippen LogP contribution in [0.1, 0.15) is 12.8 Å². The first-order chi connectivity index (χ1) is 6.86. The summed E-state index contributed by atoms with van der Waals surface area (Å²) in [6.45, 7) is 4.39. The predicted molar refractivity (Wildman–Crippen MR) is 53.0 cm³/mol. The molecule has 4 nitrogen and oxygen atoms in total. The van der Waals surface area contributed by atoms with Gasteiger partial charge in [-0.15, -0.1) is 0 Å². The molecule has 14 heavy (non-hydrogen) atoms. The summed E-state index contributed by atoms with van der Waals surface area (Å²) in [4.78, 5) is 13.5. The molecule has 0 aromatic heterocycles. The first kappa shape index (κ1) is 9.93. The smallest absolute Gasteiger partial charge is 0.236 e. The van der Waals surface area contributed by atoms with Crippen molar-refractivity contribution in [1.29, 1.82) is 0 Å². The molecule has 0 spiro atoms. The van der Waals surface area contributed by atoms with Gasteiger partial charge in [0, 0.05) is 13.1 Å². The normalized spacial score (nSPS) is 22.4. The quantitative estimate of drug-likeness (QED) is 0.683. The highest BCUT2D eigenvalue weighted by Gasteiger charge is 2.21. The van der Waals surface area contributed by atoms with Crippen LogP contribution in [0.5, 0.6) is 0 Å². The van der Waals surface area contributed by atoms with E-state index in [1.54, 1.807) is 0 Å². The van der Waals surface area contributed by atoms with E-state index in [1.165, 1.54) is 12.8 Å². The van der Waals surface area contributed by atoms with Crippen molar-refractivity contribution in [3.63, 3.8) is 0 Å². The fourth-order valence-corrected chi connectivity index (χ4v) is 1.63. The molecule has 0 bridgehead atoms. The van der Waals surface area contributed by atoms with Gasteiger partial charge in [-0.25, -0.2) is 0 Å². The number of nitrogens with one attached hydrogen (secondary N) is 1. The van der Waals surface area contributed by atoms with Gasteiger partial charge >= 0.3 is 0 Å². The monoisotopic (exact) mass is 198 g/mol. The van der Waals surface area contributed by atoms with Gasteiger partial charge in [0.05, 0.1) is 19.8 Å². The van der Waals surface area contributed by atoms with Crippen molar-refractivity contribution in [2.24, 2.45) is 5.92 Å². The number of rotatable bonds is 4. The average molecular weight is 198 g/mol. The Bertz CT molecular complexity index is 198. The van der Waals surface area contributed by atoms with Crippen LogP contribution in [0.3, 0.4) is 0 Å². The van der Waals surface area contributed by atoms with Crippen LogP contribution in [-0.2, 0) is 9.53 Å². The van der Waals surface area contributed by atoms with Gasteiger partial charge in [0.25, 0.3) is 0 Å². The number of ether oxygens (including phenoxy) is 1. The van der Waals surface area contributed by atoms with Gasteiger partial charge in [0.2, 0.25) is 5.91 Å². The topological polar surface area (TPSA) is 41.6 Å². The van der Waals surface area contributed by atoms with Gasteiger partial charge in [0.1, 0.15) is 0 Å². The van der Waals surface area contributed by atoms with Crippen LogP contribution in [0.25, 0.3) is 0 Å². The number of carbonyl (C=O) groups excluding carboxylic acids is 1. The van der Waals surface area contributed by atoms with Crippen molar-refractivity contribution in [3.8, 4) is 0 Å². The molecule has 1 amide bonds. The minimum atomic E-state index is 0.217. The van der Waals surface area contributed by atoms with Crippen molar-refractivity contribution in [2.75, 3.05) is 39.4 Å². The molecule has 80 valence electrons. The van der Waals surface area contributed by atoms with E-state index in [0.29, 0.717) is 19.8 Å². The van der Waals surface area contributed by atoms with Crippen LogP contribution >= 0.6 is 0 Å². The molecular weight excluding hydrogens is 180 g/mol. The van der Waals surface area contributed by atoms with Gasteiger partial charge < -0.3 is 15.0 Å². The van der Waals surface area contributed by atoms with E-state index in [2.05, 4.69) is 5.32 Å². The summed E-state index contributed by atoms with van der Waals surface area (Å²) >= 11 is 0. The van der Waals surface area contributed by atoms with E-state index >= 15 is 0 Å². The first-order valence-corrected chi connectivity index (χ1v) is 5.42. The second kappa shape index (κ2) is 4.75. The third-order valence-corrected chi connectivity index (χ3v) is 2.77. The second-order valence-electron chi connectivity index (χ2n) is 4.07. The van der Waals surface area contributed by atoms with Crippen molar-refractivity contribution in [2.45, 2.75) is 12.8 Å². The van der Waals surface area contributed by atoms with Crippen LogP contribution in [0.4, 0.5) is 0 Å². The van der Waals surface area contributed by atoms with Crippen LogP contribution in [-0.4, -0.2) is 50.2 Å². The lowest BCUT2D eigenvalue weighted by molar-refractivity contribution is -0.134. The maximum atomic E-state index is 11.6. The van der Waals surface area contributed by atoms with E-state index in [1.807, 2.05) is 4.90 Å². The van der Waals surface area contributed by atoms with E-state index in [9.17, 15) is 4.79 Å². The number of amides is 1. The van der Waals surface area contributed by atoms with Crippen molar-refractivity contribution in [3.05, 3.63) is 0 Å². The molecule has 0 radical (unpaired) electrons. The number of carbonyl (C=O) groups is 1. The zero-order valence-corrected chi connectivity index (χ0v) is 8.50. The summed E-state index contributed by atoms with van der Waals surface area (Å²) in [7, 11) is 0. The Kier molecular flexibility index (Phi) is 3.37. The van der Waals surface area contributed by atoms with E-state index in [4.69, 9.17) is 4.74 Å². The molecule has 1 heterocycles. The molecule has 1 aliphatic heterocycles. The molecule has 0 aromatic carbocycles. The summed E-state index contributed by atoms with van der Waals surface area (Å²) in [5.41, 5.74) is 0. The maximum Gasteiger partial charge on any atom is 0.236 e. The Labute approximate surface area is 84.6 Å². The average Bonchev–Trinajstić information content (AvgIpc) is 3.03. The van der Waals surface area contributed by atoms with Crippen LogP contribution < -0.4 is 5.32 Å². The van der Waals surface area contributed by atoms with E-state index in [-0.39, 0.29) is 5.91 Å². The lowest BCUT2D eigenvalue weighted by atomic mass is 10.3. The molecule has 4 heteroatoms. The van der Waals surface area contributed by atoms with E-state index < -0.39 is 0 Å². The third kappa shape index (κ3) is 2.96. The van der Waals surface area contributed by atoms with Gasteiger partial charge in [-0.1, -0.05) is 0 Å². The second-order valence-corrected chi connectivity index (χ2v) is 4.07. The molecule has 1 aliphatic carbocycles. The minimum absolute atomic E-state index is 0.217. The summed E-state index contributed by atoms with van der Waals surface area (Å²) in [6.07, 6.45) is 2.66. The van der Waals surface area contributed by atoms with Crippen LogP contribution in [0, 0.1) is 5.92 Å². The molecule has 1 saturated carbocycles. The number of hydrogen-bond donors (Lipinski definition) is 1. The summed E-state index contributed by atoms with van der Waals surface area (Å²) in [5.74, 6) is 1.06. The van der Waals surface area contributed by atoms with Gasteiger partial charge in [-0.2, -0.15) is 0 Å². The summed E-state index contributed by atoms with van der Waals surface area (Å²) in [6, 6.07) is 0. The molecule has 0 atom stereocenters. The number of hydrogen-bond acceptors (Lipinski definition) is 3. The summed E-state index contributed by atoms with van der Waals surface area (Å²) in [5, 5.41) is 3.21. The fourth-order valence-electron chi connectivity index (χ4n) is 1.63.